The second kappa shape index (κ2) is 4.94. The number of carboxylic acid groups (broad SMARTS) is 1. The number of fused-ring (bicyclic) bond motifs is 2. The van der Waals surface area contributed by atoms with Gasteiger partial charge in [0.2, 0.25) is 5.91 Å². The van der Waals surface area contributed by atoms with E-state index in [2.05, 4.69) is 5.32 Å². The molecule has 0 radical (unpaired) electrons. The summed E-state index contributed by atoms with van der Waals surface area (Å²) in [6, 6.07) is 6.85. The first-order valence-corrected chi connectivity index (χ1v) is 6.91. The predicted molar refractivity (Wildman–Crippen MR) is 75.4 cm³/mol. The Kier molecular flexibility index (Phi) is 3.26. The van der Waals surface area contributed by atoms with Crippen LogP contribution in [0.1, 0.15) is 6.42 Å². The van der Waals surface area contributed by atoms with Crippen LogP contribution in [-0.2, 0) is 9.59 Å². The zero-order valence-corrected chi connectivity index (χ0v) is 11.4. The number of hydrogen-bond donors (Lipinski definition) is 2. The van der Waals surface area contributed by atoms with Gasteiger partial charge in [-0.1, -0.05) is 29.8 Å². The summed E-state index contributed by atoms with van der Waals surface area (Å²) in [5.41, 5.74) is 0.596. The van der Waals surface area contributed by atoms with Gasteiger partial charge in [0.05, 0.1) is 11.8 Å². The fourth-order valence-electron chi connectivity index (χ4n) is 3.31. The van der Waals surface area contributed by atoms with Gasteiger partial charge in [-0.3, -0.25) is 9.59 Å². The van der Waals surface area contributed by atoms with Crippen molar-refractivity contribution in [3.05, 3.63) is 41.4 Å². The molecule has 4 atom stereocenters. The minimum atomic E-state index is -0.895. The number of benzene rings is 1. The maximum Gasteiger partial charge on any atom is 0.307 e. The quantitative estimate of drug-likeness (QED) is 0.842. The highest BCUT2D eigenvalue weighted by Gasteiger charge is 2.51. The number of aliphatic carboxylic acids is 1. The van der Waals surface area contributed by atoms with Crippen molar-refractivity contribution in [3.8, 4) is 0 Å². The summed E-state index contributed by atoms with van der Waals surface area (Å²) < 4.78 is 0. The molecule has 3 rings (SSSR count). The molecular formula is C15H14ClNO3. The molecule has 1 aromatic carbocycles. The molecule has 20 heavy (non-hydrogen) atoms. The van der Waals surface area contributed by atoms with Gasteiger partial charge in [0.1, 0.15) is 0 Å². The second-order valence-electron chi connectivity index (χ2n) is 5.34. The Balaban J connectivity index is 1.80. The average molecular weight is 292 g/mol. The summed E-state index contributed by atoms with van der Waals surface area (Å²) in [4.78, 5) is 23.8. The third-order valence-corrected chi connectivity index (χ3v) is 4.37. The molecule has 5 heteroatoms. The summed E-state index contributed by atoms with van der Waals surface area (Å²) in [5.74, 6) is -2.25. The highest BCUT2D eigenvalue weighted by atomic mass is 35.5. The molecule has 4 nitrogen and oxygen atoms in total. The lowest BCUT2D eigenvalue weighted by molar-refractivity contribution is -0.146. The van der Waals surface area contributed by atoms with Gasteiger partial charge < -0.3 is 10.4 Å². The number of halogens is 1. The lowest BCUT2D eigenvalue weighted by atomic mass is 9.82. The van der Waals surface area contributed by atoms with Crippen molar-refractivity contribution < 1.29 is 14.7 Å². The minimum Gasteiger partial charge on any atom is -0.481 e. The van der Waals surface area contributed by atoms with E-state index in [-0.39, 0.29) is 17.7 Å². The molecule has 1 aromatic rings. The van der Waals surface area contributed by atoms with Crippen molar-refractivity contribution in [2.75, 3.05) is 5.32 Å². The summed E-state index contributed by atoms with van der Waals surface area (Å²) in [5, 5.41) is 12.6. The Bertz CT molecular complexity index is 599. The number of nitrogens with one attached hydrogen (secondary N) is 1. The van der Waals surface area contributed by atoms with Gasteiger partial charge >= 0.3 is 5.97 Å². The Labute approximate surface area is 121 Å². The molecule has 1 amide bonds. The van der Waals surface area contributed by atoms with Crippen molar-refractivity contribution in [2.45, 2.75) is 6.42 Å². The molecule has 2 aliphatic carbocycles. The molecule has 1 fully saturated rings. The SMILES string of the molecule is O=C(Nc1cccc(Cl)c1)[C@H]1[C@H](C(=O)O)[C@H]2C=C[C@@H]1C2. The summed E-state index contributed by atoms with van der Waals surface area (Å²) in [6.07, 6.45) is 4.64. The number of anilines is 1. The number of hydrogen-bond acceptors (Lipinski definition) is 2. The van der Waals surface area contributed by atoms with E-state index in [1.165, 1.54) is 0 Å². The predicted octanol–water partition coefficient (Wildman–Crippen LogP) is 2.80. The third-order valence-electron chi connectivity index (χ3n) is 4.14. The summed E-state index contributed by atoms with van der Waals surface area (Å²) in [7, 11) is 0. The van der Waals surface area contributed by atoms with Crippen molar-refractivity contribution in [1.82, 2.24) is 0 Å². The Morgan fingerprint density at radius 3 is 2.55 bits per heavy atom. The first kappa shape index (κ1) is 13.2. The molecule has 2 N–H and O–H groups in total. The zero-order chi connectivity index (χ0) is 14.3. The van der Waals surface area contributed by atoms with Crippen LogP contribution in [0, 0.1) is 23.7 Å². The molecule has 1 saturated carbocycles. The van der Waals surface area contributed by atoms with E-state index < -0.39 is 17.8 Å². The maximum atomic E-state index is 12.4. The number of carboxylic acids is 1. The zero-order valence-electron chi connectivity index (χ0n) is 10.6. The molecule has 0 aliphatic heterocycles. The van der Waals surface area contributed by atoms with Crippen LogP contribution in [0.25, 0.3) is 0 Å². The first-order chi connectivity index (χ1) is 9.56. The number of rotatable bonds is 3. The number of amides is 1. The van der Waals surface area contributed by atoms with Gasteiger partial charge in [-0.05, 0) is 36.5 Å². The standard InChI is InChI=1S/C15H14ClNO3/c16-10-2-1-3-11(7-10)17-14(18)12-8-4-5-9(6-8)13(12)15(19)20/h1-5,7-9,12-13H,6H2,(H,17,18)(H,19,20)/t8-,9+,12-,13-/m1/s1. The van der Waals surface area contributed by atoms with Gasteiger partial charge in [-0.15, -0.1) is 0 Å². The van der Waals surface area contributed by atoms with Crippen molar-refractivity contribution in [3.63, 3.8) is 0 Å². The molecule has 2 aliphatic rings. The molecule has 2 bridgehead atoms. The van der Waals surface area contributed by atoms with Crippen LogP contribution >= 0.6 is 11.6 Å². The smallest absolute Gasteiger partial charge is 0.307 e. The molecule has 0 heterocycles. The molecule has 0 spiro atoms. The largest absolute Gasteiger partial charge is 0.481 e. The van der Waals surface area contributed by atoms with Crippen LogP contribution in [0.5, 0.6) is 0 Å². The fourth-order valence-corrected chi connectivity index (χ4v) is 3.50. The van der Waals surface area contributed by atoms with E-state index >= 15 is 0 Å². The van der Waals surface area contributed by atoms with Crippen molar-refractivity contribution in [1.29, 1.82) is 0 Å². The maximum absolute atomic E-state index is 12.4. The van der Waals surface area contributed by atoms with Crippen LogP contribution in [0.15, 0.2) is 36.4 Å². The van der Waals surface area contributed by atoms with Gasteiger partial charge in [0, 0.05) is 10.7 Å². The van der Waals surface area contributed by atoms with Crippen molar-refractivity contribution in [2.24, 2.45) is 23.7 Å². The average Bonchev–Trinajstić information content (AvgIpc) is 2.98. The Hall–Kier alpha value is -1.81. The van der Waals surface area contributed by atoms with Crippen LogP contribution in [0.2, 0.25) is 5.02 Å². The Morgan fingerprint density at radius 1 is 1.20 bits per heavy atom. The van der Waals surface area contributed by atoms with E-state index in [9.17, 15) is 14.7 Å². The second-order valence-corrected chi connectivity index (χ2v) is 5.77. The summed E-state index contributed by atoms with van der Waals surface area (Å²) >= 11 is 5.87. The molecule has 0 unspecified atom stereocenters. The third kappa shape index (κ3) is 2.20. The van der Waals surface area contributed by atoms with Crippen LogP contribution in [0.4, 0.5) is 5.69 Å². The minimum absolute atomic E-state index is 0.0207. The van der Waals surface area contributed by atoms with Gasteiger partial charge in [-0.2, -0.15) is 0 Å². The lowest BCUT2D eigenvalue weighted by Crippen LogP contribution is -2.36. The highest BCUT2D eigenvalue weighted by Crippen LogP contribution is 2.48. The van der Waals surface area contributed by atoms with Gasteiger partial charge in [0.15, 0.2) is 0 Å². The van der Waals surface area contributed by atoms with E-state index in [0.29, 0.717) is 10.7 Å². The van der Waals surface area contributed by atoms with E-state index in [4.69, 9.17) is 11.6 Å². The highest BCUT2D eigenvalue weighted by molar-refractivity contribution is 6.30. The van der Waals surface area contributed by atoms with E-state index in [1.807, 2.05) is 12.2 Å². The molecule has 0 saturated heterocycles. The molecular weight excluding hydrogens is 278 g/mol. The fraction of sp³-hybridized carbons (Fsp3) is 0.333. The first-order valence-electron chi connectivity index (χ1n) is 6.54. The van der Waals surface area contributed by atoms with Crippen LogP contribution in [0.3, 0.4) is 0 Å². The Morgan fingerprint density at radius 2 is 1.90 bits per heavy atom. The number of carbonyl (C=O) groups excluding carboxylic acids is 1. The van der Waals surface area contributed by atoms with Crippen molar-refractivity contribution >= 4 is 29.2 Å². The van der Waals surface area contributed by atoms with Gasteiger partial charge in [-0.25, -0.2) is 0 Å². The monoisotopic (exact) mass is 291 g/mol. The normalized spacial score (nSPS) is 30.4. The van der Waals surface area contributed by atoms with E-state index in [1.54, 1.807) is 24.3 Å². The number of carbonyl (C=O) groups is 2. The van der Waals surface area contributed by atoms with E-state index in [0.717, 1.165) is 6.42 Å². The lowest BCUT2D eigenvalue weighted by Gasteiger charge is -2.23. The van der Waals surface area contributed by atoms with Crippen LogP contribution < -0.4 is 5.32 Å². The molecule has 0 aromatic heterocycles. The van der Waals surface area contributed by atoms with Crippen LogP contribution in [-0.4, -0.2) is 17.0 Å². The molecule has 104 valence electrons. The number of allylic oxidation sites excluding steroid dienone is 2. The topological polar surface area (TPSA) is 66.4 Å². The van der Waals surface area contributed by atoms with Gasteiger partial charge in [0.25, 0.3) is 0 Å². The summed E-state index contributed by atoms with van der Waals surface area (Å²) in [6.45, 7) is 0.